The molecule has 0 aliphatic rings. The van der Waals surface area contributed by atoms with Gasteiger partial charge in [0.1, 0.15) is 5.58 Å². The zero-order chi connectivity index (χ0) is 11.7. The number of ether oxygens (including phenoxy) is 1. The van der Waals surface area contributed by atoms with Gasteiger partial charge in [-0.1, -0.05) is 17.7 Å². The molecule has 0 aliphatic carbocycles. The minimum atomic E-state index is -0.470. The highest BCUT2D eigenvalue weighted by Gasteiger charge is 2.15. The fourth-order valence-electron chi connectivity index (χ4n) is 1.40. The minimum Gasteiger partial charge on any atom is -0.457 e. The molecule has 4 heteroatoms. The number of hydrogen-bond acceptors (Lipinski definition) is 3. The maximum Gasteiger partial charge on any atom is 0.374 e. The Labute approximate surface area is 97.9 Å². The molecule has 0 bridgehead atoms. The molecule has 0 spiro atoms. The average molecular weight is 239 g/mol. The van der Waals surface area contributed by atoms with Crippen LogP contribution in [0.25, 0.3) is 11.0 Å². The predicted molar refractivity (Wildman–Crippen MR) is 61.8 cm³/mol. The fourth-order valence-corrected chi connectivity index (χ4v) is 1.62. The molecule has 0 atom stereocenters. The second kappa shape index (κ2) is 4.18. The minimum absolute atomic E-state index is 0.170. The first-order chi connectivity index (χ1) is 7.58. The summed E-state index contributed by atoms with van der Waals surface area (Å²) in [6.45, 7) is 3.57. The number of benzene rings is 1. The van der Waals surface area contributed by atoms with Crippen molar-refractivity contribution in [3.8, 4) is 0 Å². The predicted octanol–water partition coefficient (Wildman–Crippen LogP) is 3.65. The molecule has 0 radical (unpaired) electrons. The van der Waals surface area contributed by atoms with Crippen molar-refractivity contribution in [1.29, 1.82) is 0 Å². The number of furan rings is 1. The second-order valence-corrected chi connectivity index (χ2v) is 4.12. The monoisotopic (exact) mass is 238 g/mol. The maximum absolute atomic E-state index is 11.6. The van der Waals surface area contributed by atoms with Crippen molar-refractivity contribution in [1.82, 2.24) is 0 Å². The van der Waals surface area contributed by atoms with Gasteiger partial charge in [0.25, 0.3) is 0 Å². The van der Waals surface area contributed by atoms with Gasteiger partial charge in [0.05, 0.1) is 11.1 Å². The van der Waals surface area contributed by atoms with E-state index in [0.717, 1.165) is 5.39 Å². The molecule has 1 aromatic carbocycles. The Morgan fingerprint density at radius 1 is 1.44 bits per heavy atom. The highest BCUT2D eigenvalue weighted by Crippen LogP contribution is 2.26. The van der Waals surface area contributed by atoms with E-state index in [0.29, 0.717) is 10.6 Å². The van der Waals surface area contributed by atoms with E-state index >= 15 is 0 Å². The van der Waals surface area contributed by atoms with E-state index in [1.54, 1.807) is 38.1 Å². The van der Waals surface area contributed by atoms with Crippen molar-refractivity contribution in [2.75, 3.05) is 0 Å². The largest absolute Gasteiger partial charge is 0.457 e. The molecule has 84 valence electrons. The molecule has 0 unspecified atom stereocenters. The van der Waals surface area contributed by atoms with E-state index in [4.69, 9.17) is 20.8 Å². The average Bonchev–Trinajstić information content (AvgIpc) is 2.61. The van der Waals surface area contributed by atoms with Crippen molar-refractivity contribution >= 4 is 28.5 Å². The van der Waals surface area contributed by atoms with Crippen LogP contribution in [0.2, 0.25) is 5.02 Å². The zero-order valence-corrected chi connectivity index (χ0v) is 9.75. The van der Waals surface area contributed by atoms with Crippen molar-refractivity contribution in [2.45, 2.75) is 20.0 Å². The summed E-state index contributed by atoms with van der Waals surface area (Å²) in [5.41, 5.74) is 0.586. The van der Waals surface area contributed by atoms with Gasteiger partial charge >= 0.3 is 5.97 Å². The van der Waals surface area contributed by atoms with Gasteiger partial charge in [-0.2, -0.15) is 0 Å². The Morgan fingerprint density at radius 2 is 2.19 bits per heavy atom. The van der Waals surface area contributed by atoms with Crippen LogP contribution in [-0.4, -0.2) is 12.1 Å². The third-order valence-electron chi connectivity index (χ3n) is 2.05. The molecule has 0 N–H and O–H groups in total. The number of carbonyl (C=O) groups is 1. The topological polar surface area (TPSA) is 39.4 Å². The summed E-state index contributed by atoms with van der Waals surface area (Å²) in [6.07, 6.45) is -0.170. The number of fused-ring (bicyclic) bond motifs is 1. The standard InChI is InChI=1S/C12H11ClO3/c1-7(2)15-12(14)11-6-8-9(13)4-3-5-10(8)16-11/h3-7H,1-2H3. The number of halogens is 1. The summed E-state index contributed by atoms with van der Waals surface area (Å²) in [4.78, 5) is 11.6. The molecule has 0 amide bonds. The van der Waals surface area contributed by atoms with Crippen LogP contribution < -0.4 is 0 Å². The van der Waals surface area contributed by atoms with Crippen LogP contribution in [0.5, 0.6) is 0 Å². The molecule has 0 saturated heterocycles. The number of carbonyl (C=O) groups excluding carboxylic acids is 1. The number of hydrogen-bond donors (Lipinski definition) is 0. The lowest BCUT2D eigenvalue weighted by atomic mass is 10.2. The molecule has 16 heavy (non-hydrogen) atoms. The molecular weight excluding hydrogens is 228 g/mol. The molecule has 0 aliphatic heterocycles. The summed E-state index contributed by atoms with van der Waals surface area (Å²) in [7, 11) is 0. The Bertz CT molecular complexity index is 528. The van der Waals surface area contributed by atoms with Gasteiger partial charge in [-0.25, -0.2) is 4.79 Å². The molecule has 1 aromatic heterocycles. The van der Waals surface area contributed by atoms with E-state index in [1.165, 1.54) is 0 Å². The van der Waals surface area contributed by atoms with Gasteiger partial charge < -0.3 is 9.15 Å². The lowest BCUT2D eigenvalue weighted by Gasteiger charge is -2.04. The van der Waals surface area contributed by atoms with Gasteiger partial charge in [0.15, 0.2) is 0 Å². The SMILES string of the molecule is CC(C)OC(=O)c1cc2c(Cl)cccc2o1. The van der Waals surface area contributed by atoms with Gasteiger partial charge in [0, 0.05) is 11.5 Å². The van der Waals surface area contributed by atoms with E-state index in [9.17, 15) is 4.79 Å². The van der Waals surface area contributed by atoms with Crippen molar-refractivity contribution in [3.05, 3.63) is 35.0 Å². The third-order valence-corrected chi connectivity index (χ3v) is 2.38. The number of esters is 1. The smallest absolute Gasteiger partial charge is 0.374 e. The summed E-state index contributed by atoms with van der Waals surface area (Å²) in [5, 5.41) is 1.28. The maximum atomic E-state index is 11.6. The van der Waals surface area contributed by atoms with Crippen LogP contribution in [0.1, 0.15) is 24.4 Å². The Morgan fingerprint density at radius 3 is 2.81 bits per heavy atom. The quantitative estimate of drug-likeness (QED) is 0.750. The zero-order valence-electron chi connectivity index (χ0n) is 8.99. The first-order valence-electron chi connectivity index (χ1n) is 4.97. The molecule has 0 saturated carbocycles. The molecule has 0 fully saturated rings. The molecule has 3 nitrogen and oxygen atoms in total. The van der Waals surface area contributed by atoms with Gasteiger partial charge in [0.2, 0.25) is 5.76 Å². The fraction of sp³-hybridized carbons (Fsp3) is 0.250. The van der Waals surface area contributed by atoms with Crippen LogP contribution in [0.4, 0.5) is 0 Å². The summed E-state index contributed by atoms with van der Waals surface area (Å²) in [5.74, 6) is -0.293. The lowest BCUT2D eigenvalue weighted by Crippen LogP contribution is -2.10. The molecular formula is C12H11ClO3. The van der Waals surface area contributed by atoms with Crippen molar-refractivity contribution < 1.29 is 13.9 Å². The Hall–Kier alpha value is -1.48. The van der Waals surface area contributed by atoms with E-state index < -0.39 is 5.97 Å². The highest BCUT2D eigenvalue weighted by atomic mass is 35.5. The summed E-state index contributed by atoms with van der Waals surface area (Å²) < 4.78 is 10.4. The van der Waals surface area contributed by atoms with Crippen LogP contribution in [-0.2, 0) is 4.74 Å². The first kappa shape index (κ1) is 11.0. The van der Waals surface area contributed by atoms with Crippen LogP contribution in [0.3, 0.4) is 0 Å². The number of rotatable bonds is 2. The van der Waals surface area contributed by atoms with Gasteiger partial charge in [-0.05, 0) is 26.0 Å². The lowest BCUT2D eigenvalue weighted by molar-refractivity contribution is 0.0344. The first-order valence-corrected chi connectivity index (χ1v) is 5.35. The normalized spacial score (nSPS) is 11.0. The van der Waals surface area contributed by atoms with Crippen molar-refractivity contribution in [2.24, 2.45) is 0 Å². The van der Waals surface area contributed by atoms with E-state index in [1.807, 2.05) is 0 Å². The third kappa shape index (κ3) is 2.04. The van der Waals surface area contributed by atoms with Crippen LogP contribution >= 0.6 is 11.6 Å². The van der Waals surface area contributed by atoms with Crippen LogP contribution in [0.15, 0.2) is 28.7 Å². The van der Waals surface area contributed by atoms with Gasteiger partial charge in [-0.3, -0.25) is 0 Å². The summed E-state index contributed by atoms with van der Waals surface area (Å²) in [6, 6.07) is 6.87. The van der Waals surface area contributed by atoms with Gasteiger partial charge in [-0.15, -0.1) is 0 Å². The Balaban J connectivity index is 2.40. The second-order valence-electron chi connectivity index (χ2n) is 3.72. The van der Waals surface area contributed by atoms with E-state index in [-0.39, 0.29) is 11.9 Å². The highest BCUT2D eigenvalue weighted by molar-refractivity contribution is 6.35. The van der Waals surface area contributed by atoms with Crippen molar-refractivity contribution in [3.63, 3.8) is 0 Å². The van der Waals surface area contributed by atoms with Crippen LogP contribution in [0, 0.1) is 0 Å². The van der Waals surface area contributed by atoms with E-state index in [2.05, 4.69) is 0 Å². The molecule has 1 heterocycles. The Kier molecular flexibility index (Phi) is 2.88. The molecule has 2 aromatic rings. The molecule has 2 rings (SSSR count). The summed E-state index contributed by atoms with van der Waals surface area (Å²) >= 11 is 5.97.